The van der Waals surface area contributed by atoms with Crippen LogP contribution in [-0.4, -0.2) is 44.5 Å². The highest BCUT2D eigenvalue weighted by molar-refractivity contribution is 6.01. The highest BCUT2D eigenvalue weighted by atomic mass is 19.1. The summed E-state index contributed by atoms with van der Waals surface area (Å²) >= 11 is 0. The van der Waals surface area contributed by atoms with Crippen molar-refractivity contribution in [1.29, 1.82) is 0 Å². The molecule has 2 N–H and O–H groups in total. The van der Waals surface area contributed by atoms with Gasteiger partial charge in [-0.3, -0.25) is 20.0 Å². The van der Waals surface area contributed by atoms with Gasteiger partial charge < -0.3 is 4.90 Å². The van der Waals surface area contributed by atoms with Gasteiger partial charge in [-0.05, 0) is 37.1 Å². The van der Waals surface area contributed by atoms with Crippen LogP contribution in [0.3, 0.4) is 0 Å². The predicted octanol–water partition coefficient (Wildman–Crippen LogP) is 2.85. The normalized spacial score (nSPS) is 16.2. The minimum absolute atomic E-state index is 0.0438. The number of aromatic nitrogens is 3. The Kier molecular flexibility index (Phi) is 4.84. The summed E-state index contributed by atoms with van der Waals surface area (Å²) < 4.78 is 13.9. The first-order chi connectivity index (χ1) is 13.6. The number of rotatable bonds is 4. The largest absolute Gasteiger partial charge is 0.327 e. The molecule has 2 aromatic carbocycles. The second-order valence-electron chi connectivity index (χ2n) is 6.50. The molecule has 2 heterocycles. The molecule has 28 heavy (non-hydrogen) atoms. The summed E-state index contributed by atoms with van der Waals surface area (Å²) in [6.45, 7) is 0.514. The Hall–Kier alpha value is -3.55. The van der Waals surface area contributed by atoms with E-state index in [1.54, 1.807) is 47.4 Å². The summed E-state index contributed by atoms with van der Waals surface area (Å²) in [5, 5.41) is 9.18. The zero-order valence-electron chi connectivity index (χ0n) is 14.9. The van der Waals surface area contributed by atoms with E-state index in [1.165, 1.54) is 6.07 Å². The molecule has 142 valence electrons. The van der Waals surface area contributed by atoms with Crippen LogP contribution in [0.1, 0.15) is 23.2 Å². The Labute approximate surface area is 160 Å². The summed E-state index contributed by atoms with van der Waals surface area (Å²) in [4.78, 5) is 31.1. The zero-order chi connectivity index (χ0) is 19.5. The second kappa shape index (κ2) is 7.59. The second-order valence-corrected chi connectivity index (χ2v) is 6.50. The summed E-state index contributed by atoms with van der Waals surface area (Å²) in [6, 6.07) is 14.4. The van der Waals surface area contributed by atoms with Crippen LogP contribution in [0.5, 0.6) is 0 Å². The minimum Gasteiger partial charge on any atom is -0.327 e. The van der Waals surface area contributed by atoms with Crippen LogP contribution in [0.25, 0.3) is 11.4 Å². The fraction of sp³-hybridized carbons (Fsp3) is 0.200. The van der Waals surface area contributed by atoms with Crippen molar-refractivity contribution in [2.75, 3.05) is 11.9 Å². The molecule has 1 aliphatic heterocycles. The molecule has 1 aromatic heterocycles. The number of carbonyl (C=O) groups is 2. The van der Waals surface area contributed by atoms with Crippen LogP contribution in [0, 0.1) is 5.82 Å². The molecule has 3 aromatic rings. The highest BCUT2D eigenvalue weighted by Gasteiger charge is 2.35. The molecule has 4 rings (SSSR count). The molecule has 1 unspecified atom stereocenters. The van der Waals surface area contributed by atoms with Gasteiger partial charge >= 0.3 is 0 Å². The number of nitrogens with zero attached hydrogens (tertiary/aromatic N) is 3. The maximum atomic E-state index is 13.9. The van der Waals surface area contributed by atoms with Crippen LogP contribution in [-0.2, 0) is 4.79 Å². The van der Waals surface area contributed by atoms with Crippen LogP contribution in [0.15, 0.2) is 54.6 Å². The van der Waals surface area contributed by atoms with Crippen LogP contribution in [0.2, 0.25) is 0 Å². The van der Waals surface area contributed by atoms with Crippen molar-refractivity contribution in [3.8, 4) is 11.4 Å². The fourth-order valence-electron chi connectivity index (χ4n) is 3.31. The molecule has 0 aliphatic carbocycles. The number of nitrogens with one attached hydrogen (secondary N) is 2. The number of hydrogen-bond acceptors (Lipinski definition) is 4. The number of aromatic amines is 1. The Morgan fingerprint density at radius 3 is 2.64 bits per heavy atom. The monoisotopic (exact) mass is 379 g/mol. The lowest BCUT2D eigenvalue weighted by atomic mass is 10.1. The van der Waals surface area contributed by atoms with Gasteiger partial charge in [0.15, 0.2) is 5.82 Å². The van der Waals surface area contributed by atoms with Gasteiger partial charge in [-0.25, -0.2) is 4.39 Å². The van der Waals surface area contributed by atoms with Gasteiger partial charge in [-0.1, -0.05) is 30.3 Å². The minimum atomic E-state index is -0.594. The predicted molar refractivity (Wildman–Crippen MR) is 101 cm³/mol. The quantitative estimate of drug-likeness (QED) is 0.729. The first-order valence-corrected chi connectivity index (χ1v) is 8.97. The van der Waals surface area contributed by atoms with Gasteiger partial charge in [-0.2, -0.15) is 4.98 Å². The van der Waals surface area contributed by atoms with E-state index in [4.69, 9.17) is 0 Å². The summed E-state index contributed by atoms with van der Waals surface area (Å²) in [7, 11) is 0. The van der Waals surface area contributed by atoms with Crippen molar-refractivity contribution >= 4 is 17.8 Å². The van der Waals surface area contributed by atoms with Gasteiger partial charge in [-0.15, -0.1) is 5.10 Å². The van der Waals surface area contributed by atoms with Gasteiger partial charge in [0.1, 0.15) is 11.9 Å². The number of anilines is 1. The number of amides is 2. The van der Waals surface area contributed by atoms with Crippen LogP contribution >= 0.6 is 0 Å². The molecule has 0 bridgehead atoms. The number of halogens is 1. The molecule has 0 radical (unpaired) electrons. The van der Waals surface area contributed by atoms with Gasteiger partial charge in [0.2, 0.25) is 11.9 Å². The molecular formula is C20H18FN5O2. The standard InChI is InChI=1S/C20H18FN5O2/c21-15-10-5-4-9-14(15)17-22-20(25-24-17)23-18(27)16-11-6-12-26(16)19(28)13-7-2-1-3-8-13/h1-5,7-10,16H,6,11-12H2,(H2,22,23,24,25,27). The third-order valence-corrected chi connectivity index (χ3v) is 4.69. The fourth-order valence-corrected chi connectivity index (χ4v) is 3.31. The first kappa shape index (κ1) is 17.8. The van der Waals surface area contributed by atoms with E-state index >= 15 is 0 Å². The number of likely N-dealkylation sites (tertiary alicyclic amines) is 1. The SMILES string of the molecule is O=C(Nc1n[nH]c(-c2ccccc2F)n1)C1CCCN1C(=O)c1ccccc1. The lowest BCUT2D eigenvalue weighted by Gasteiger charge is -2.23. The smallest absolute Gasteiger partial charge is 0.254 e. The molecular weight excluding hydrogens is 361 g/mol. The first-order valence-electron chi connectivity index (χ1n) is 8.97. The van der Waals surface area contributed by atoms with Crippen molar-refractivity contribution in [2.24, 2.45) is 0 Å². The molecule has 8 heteroatoms. The molecule has 1 fully saturated rings. The van der Waals surface area contributed by atoms with E-state index in [0.717, 1.165) is 6.42 Å². The third kappa shape index (κ3) is 3.48. The molecule has 1 aliphatic rings. The Balaban J connectivity index is 1.48. The van der Waals surface area contributed by atoms with E-state index in [-0.39, 0.29) is 29.2 Å². The Bertz CT molecular complexity index is 1000. The van der Waals surface area contributed by atoms with Crippen molar-refractivity contribution < 1.29 is 14.0 Å². The van der Waals surface area contributed by atoms with Crippen LogP contribution < -0.4 is 5.32 Å². The highest BCUT2D eigenvalue weighted by Crippen LogP contribution is 2.22. The van der Waals surface area contributed by atoms with E-state index in [9.17, 15) is 14.0 Å². The molecule has 1 saturated heterocycles. The summed E-state index contributed by atoms with van der Waals surface area (Å²) in [5.41, 5.74) is 0.805. The van der Waals surface area contributed by atoms with E-state index in [0.29, 0.717) is 18.5 Å². The van der Waals surface area contributed by atoms with E-state index in [2.05, 4.69) is 20.5 Å². The number of H-pyrrole nitrogens is 1. The summed E-state index contributed by atoms with van der Waals surface area (Å²) in [6.07, 6.45) is 1.31. The molecule has 0 saturated carbocycles. The van der Waals surface area contributed by atoms with Crippen molar-refractivity contribution in [3.05, 3.63) is 66.0 Å². The van der Waals surface area contributed by atoms with Gasteiger partial charge in [0.05, 0.1) is 5.56 Å². The molecule has 7 nitrogen and oxygen atoms in total. The summed E-state index contributed by atoms with van der Waals surface area (Å²) in [5.74, 6) is -0.715. The molecule has 0 spiro atoms. The van der Waals surface area contributed by atoms with Crippen LogP contribution in [0.4, 0.5) is 10.3 Å². The maximum Gasteiger partial charge on any atom is 0.254 e. The van der Waals surface area contributed by atoms with E-state index in [1.807, 2.05) is 6.07 Å². The average Bonchev–Trinajstić information content (AvgIpc) is 3.38. The van der Waals surface area contributed by atoms with E-state index < -0.39 is 11.9 Å². The lowest BCUT2D eigenvalue weighted by Crippen LogP contribution is -2.43. The molecule has 1 atom stereocenters. The molecule has 2 amide bonds. The number of carbonyl (C=O) groups excluding carboxylic acids is 2. The number of benzene rings is 2. The van der Waals surface area contributed by atoms with Gasteiger partial charge in [0, 0.05) is 12.1 Å². The lowest BCUT2D eigenvalue weighted by molar-refractivity contribution is -0.119. The van der Waals surface area contributed by atoms with Crippen molar-refractivity contribution in [1.82, 2.24) is 20.1 Å². The van der Waals surface area contributed by atoms with Crippen molar-refractivity contribution in [2.45, 2.75) is 18.9 Å². The number of hydrogen-bond donors (Lipinski definition) is 2. The topological polar surface area (TPSA) is 91.0 Å². The van der Waals surface area contributed by atoms with Crippen molar-refractivity contribution in [3.63, 3.8) is 0 Å². The maximum absolute atomic E-state index is 13.9. The average molecular weight is 379 g/mol. The van der Waals surface area contributed by atoms with Gasteiger partial charge in [0.25, 0.3) is 5.91 Å². The third-order valence-electron chi connectivity index (χ3n) is 4.69. The zero-order valence-corrected chi connectivity index (χ0v) is 14.9. The Morgan fingerprint density at radius 1 is 1.11 bits per heavy atom. The Morgan fingerprint density at radius 2 is 1.86 bits per heavy atom.